The molecule has 0 spiro atoms. The lowest BCUT2D eigenvalue weighted by atomic mass is 10.0. The van der Waals surface area contributed by atoms with E-state index in [1.165, 1.54) is 10.4 Å². The van der Waals surface area contributed by atoms with Gasteiger partial charge < -0.3 is 5.11 Å². The Kier molecular flexibility index (Phi) is 2.34. The molecule has 5 heteroatoms. The third kappa shape index (κ3) is 1.79. The van der Waals surface area contributed by atoms with Gasteiger partial charge in [-0.05, 0) is 24.5 Å². The summed E-state index contributed by atoms with van der Waals surface area (Å²) < 4.78 is 24.3. The molecule has 1 heterocycles. The molecule has 0 atom stereocenters. The van der Waals surface area contributed by atoms with Gasteiger partial charge in [0.1, 0.15) is 5.75 Å². The third-order valence-electron chi connectivity index (χ3n) is 2.56. The number of aromatic hydroxyl groups is 1. The van der Waals surface area contributed by atoms with E-state index in [0.717, 1.165) is 24.7 Å². The molecule has 82 valence electrons. The number of hydrogen-bond acceptors (Lipinski definition) is 3. The molecule has 2 rings (SSSR count). The Morgan fingerprint density at radius 1 is 1.40 bits per heavy atom. The van der Waals surface area contributed by atoms with Gasteiger partial charge in [-0.15, -0.1) is 0 Å². The van der Waals surface area contributed by atoms with Crippen molar-refractivity contribution in [1.82, 2.24) is 0 Å². The van der Waals surface area contributed by atoms with Crippen molar-refractivity contribution in [2.45, 2.75) is 12.8 Å². The number of fused-ring (bicyclic) bond motifs is 1. The van der Waals surface area contributed by atoms with Crippen molar-refractivity contribution < 1.29 is 13.5 Å². The van der Waals surface area contributed by atoms with Gasteiger partial charge in [0.25, 0.3) is 0 Å². The van der Waals surface area contributed by atoms with Crippen LogP contribution >= 0.6 is 0 Å². The molecule has 1 aliphatic heterocycles. The summed E-state index contributed by atoms with van der Waals surface area (Å²) in [5.74, 6) is 0.0395. The van der Waals surface area contributed by atoms with Crippen LogP contribution in [0, 0.1) is 0 Å². The highest BCUT2D eigenvalue weighted by Crippen LogP contribution is 2.36. The van der Waals surface area contributed by atoms with Crippen molar-refractivity contribution in [3.8, 4) is 5.75 Å². The van der Waals surface area contributed by atoms with Crippen LogP contribution in [0.4, 0.5) is 5.69 Å². The van der Waals surface area contributed by atoms with E-state index >= 15 is 0 Å². The van der Waals surface area contributed by atoms with Crippen LogP contribution in [-0.4, -0.2) is 26.3 Å². The Morgan fingerprint density at radius 2 is 2.13 bits per heavy atom. The number of sulfonamides is 1. The van der Waals surface area contributed by atoms with E-state index in [0.29, 0.717) is 12.2 Å². The molecule has 0 unspecified atom stereocenters. The zero-order valence-electron chi connectivity index (χ0n) is 8.47. The summed E-state index contributed by atoms with van der Waals surface area (Å²) >= 11 is 0. The Labute approximate surface area is 89.2 Å². The predicted octanol–water partition coefficient (Wildman–Crippen LogP) is 1.10. The summed E-state index contributed by atoms with van der Waals surface area (Å²) in [6.07, 6.45) is 2.77. The van der Waals surface area contributed by atoms with E-state index in [4.69, 9.17) is 0 Å². The second kappa shape index (κ2) is 3.41. The minimum Gasteiger partial charge on any atom is -0.506 e. The number of para-hydroxylation sites is 1. The highest BCUT2D eigenvalue weighted by molar-refractivity contribution is 7.92. The van der Waals surface area contributed by atoms with Crippen LogP contribution in [0.1, 0.15) is 12.0 Å². The van der Waals surface area contributed by atoms with Crippen molar-refractivity contribution in [2.75, 3.05) is 17.1 Å². The molecule has 0 amide bonds. The number of rotatable bonds is 1. The van der Waals surface area contributed by atoms with E-state index < -0.39 is 10.0 Å². The predicted molar refractivity (Wildman–Crippen MR) is 58.6 cm³/mol. The fraction of sp³-hybridized carbons (Fsp3) is 0.400. The fourth-order valence-corrected chi connectivity index (χ4v) is 2.93. The summed E-state index contributed by atoms with van der Waals surface area (Å²) in [6.45, 7) is 0.448. The van der Waals surface area contributed by atoms with Crippen molar-refractivity contribution in [1.29, 1.82) is 0 Å². The van der Waals surface area contributed by atoms with E-state index in [2.05, 4.69) is 0 Å². The number of aryl methyl sites for hydroxylation is 1. The normalized spacial score (nSPS) is 16.2. The topological polar surface area (TPSA) is 57.6 Å². The van der Waals surface area contributed by atoms with Crippen molar-refractivity contribution in [3.05, 3.63) is 23.8 Å². The molecule has 0 aliphatic carbocycles. The van der Waals surface area contributed by atoms with Gasteiger partial charge in [-0.1, -0.05) is 12.1 Å². The number of benzene rings is 1. The number of phenols is 1. The average Bonchev–Trinajstić information content (AvgIpc) is 2.16. The standard InChI is InChI=1S/C10H13NO3S/c1-15(13,14)11-7-3-5-8-4-2-6-9(12)10(8)11/h2,4,6,12H,3,5,7H2,1H3. The maximum absolute atomic E-state index is 11.5. The SMILES string of the molecule is CS(=O)(=O)N1CCCc2cccc(O)c21. The largest absolute Gasteiger partial charge is 0.506 e. The molecule has 1 N–H and O–H groups in total. The molecule has 0 saturated carbocycles. The van der Waals surface area contributed by atoms with Crippen LogP contribution < -0.4 is 4.31 Å². The monoisotopic (exact) mass is 227 g/mol. The van der Waals surface area contributed by atoms with E-state index in [1.807, 2.05) is 6.07 Å². The Hall–Kier alpha value is -1.23. The van der Waals surface area contributed by atoms with Crippen molar-refractivity contribution >= 4 is 15.7 Å². The van der Waals surface area contributed by atoms with Crippen LogP contribution in [0.25, 0.3) is 0 Å². The minimum absolute atomic E-state index is 0.0395. The summed E-state index contributed by atoms with van der Waals surface area (Å²) in [4.78, 5) is 0. The lowest BCUT2D eigenvalue weighted by molar-refractivity contribution is 0.473. The number of phenolic OH excluding ortho intramolecular Hbond substituents is 1. The molecule has 0 fully saturated rings. The number of anilines is 1. The lowest BCUT2D eigenvalue weighted by Gasteiger charge is -2.29. The maximum Gasteiger partial charge on any atom is 0.232 e. The van der Waals surface area contributed by atoms with Gasteiger partial charge in [-0.3, -0.25) is 4.31 Å². The molecular formula is C10H13NO3S. The van der Waals surface area contributed by atoms with Gasteiger partial charge in [-0.2, -0.15) is 0 Å². The Bertz CT molecular complexity index is 481. The van der Waals surface area contributed by atoms with Gasteiger partial charge in [-0.25, -0.2) is 8.42 Å². The second-order valence-electron chi connectivity index (χ2n) is 3.72. The summed E-state index contributed by atoms with van der Waals surface area (Å²) in [5, 5.41) is 9.68. The van der Waals surface area contributed by atoms with Gasteiger partial charge in [0.15, 0.2) is 0 Å². The zero-order chi connectivity index (χ0) is 11.1. The first-order chi connectivity index (χ1) is 7.00. The highest BCUT2D eigenvalue weighted by atomic mass is 32.2. The van der Waals surface area contributed by atoms with E-state index in [-0.39, 0.29) is 5.75 Å². The van der Waals surface area contributed by atoms with Crippen LogP contribution in [0.2, 0.25) is 0 Å². The van der Waals surface area contributed by atoms with Crippen molar-refractivity contribution in [3.63, 3.8) is 0 Å². The first-order valence-corrected chi connectivity index (χ1v) is 6.63. The van der Waals surface area contributed by atoms with Crippen LogP contribution in [0.5, 0.6) is 5.75 Å². The van der Waals surface area contributed by atoms with Crippen LogP contribution in [-0.2, 0) is 16.4 Å². The van der Waals surface area contributed by atoms with Gasteiger partial charge in [0.05, 0.1) is 11.9 Å². The van der Waals surface area contributed by atoms with Gasteiger partial charge in [0.2, 0.25) is 10.0 Å². The molecule has 15 heavy (non-hydrogen) atoms. The van der Waals surface area contributed by atoms with Gasteiger partial charge >= 0.3 is 0 Å². The number of hydrogen-bond donors (Lipinski definition) is 1. The molecular weight excluding hydrogens is 214 g/mol. The average molecular weight is 227 g/mol. The van der Waals surface area contributed by atoms with Gasteiger partial charge in [0, 0.05) is 6.54 Å². The van der Waals surface area contributed by atoms with Crippen LogP contribution in [0.15, 0.2) is 18.2 Å². The quantitative estimate of drug-likeness (QED) is 0.781. The summed E-state index contributed by atoms with van der Waals surface area (Å²) in [5.41, 5.74) is 1.35. The zero-order valence-corrected chi connectivity index (χ0v) is 9.29. The first-order valence-electron chi connectivity index (χ1n) is 4.79. The van der Waals surface area contributed by atoms with E-state index in [9.17, 15) is 13.5 Å². The molecule has 0 saturated heterocycles. The Balaban J connectivity index is 2.60. The van der Waals surface area contributed by atoms with Crippen molar-refractivity contribution in [2.24, 2.45) is 0 Å². The summed E-state index contributed by atoms with van der Waals surface area (Å²) in [7, 11) is -3.29. The molecule has 0 bridgehead atoms. The highest BCUT2D eigenvalue weighted by Gasteiger charge is 2.26. The number of nitrogens with zero attached hydrogens (tertiary/aromatic N) is 1. The van der Waals surface area contributed by atoms with Crippen LogP contribution in [0.3, 0.4) is 0 Å². The smallest absolute Gasteiger partial charge is 0.232 e. The Morgan fingerprint density at radius 3 is 2.80 bits per heavy atom. The molecule has 1 aromatic carbocycles. The molecule has 1 aliphatic rings. The molecule has 0 radical (unpaired) electrons. The molecule has 4 nitrogen and oxygen atoms in total. The molecule has 0 aromatic heterocycles. The maximum atomic E-state index is 11.5. The summed E-state index contributed by atoms with van der Waals surface area (Å²) in [6, 6.07) is 5.11. The van der Waals surface area contributed by atoms with E-state index in [1.54, 1.807) is 6.07 Å². The lowest BCUT2D eigenvalue weighted by Crippen LogP contribution is -2.34. The first kappa shape index (κ1) is 10.3. The minimum atomic E-state index is -3.29. The fourth-order valence-electron chi connectivity index (χ4n) is 1.92. The second-order valence-corrected chi connectivity index (χ2v) is 5.63. The molecule has 1 aromatic rings. The third-order valence-corrected chi connectivity index (χ3v) is 3.72.